The highest BCUT2D eigenvalue weighted by Gasteiger charge is 2.10. The number of nitrogens with zero attached hydrogens (tertiary/aromatic N) is 1. The Balaban J connectivity index is 1.58. The minimum Gasteiger partial charge on any atom is -0.333 e. The van der Waals surface area contributed by atoms with Gasteiger partial charge in [-0.3, -0.25) is 4.79 Å². The van der Waals surface area contributed by atoms with Crippen LogP contribution in [0.4, 0.5) is 14.5 Å². The number of H-pyrrole nitrogens is 1. The normalized spacial score (nSPS) is 10.7. The van der Waals surface area contributed by atoms with Gasteiger partial charge in [0.25, 0.3) is 0 Å². The molecule has 1 aromatic heterocycles. The van der Waals surface area contributed by atoms with Crippen LogP contribution in [0.3, 0.4) is 0 Å². The molecule has 8 heteroatoms. The number of aromatic amines is 1. The van der Waals surface area contributed by atoms with Gasteiger partial charge < -0.3 is 10.3 Å². The summed E-state index contributed by atoms with van der Waals surface area (Å²) in [6.07, 6.45) is 1.68. The average Bonchev–Trinajstić information content (AvgIpc) is 3.05. The van der Waals surface area contributed by atoms with E-state index in [4.69, 9.17) is 0 Å². The van der Waals surface area contributed by atoms with Crippen molar-refractivity contribution in [2.45, 2.75) is 5.16 Å². The Morgan fingerprint density at radius 2 is 1.96 bits per heavy atom. The summed E-state index contributed by atoms with van der Waals surface area (Å²) in [6, 6.07) is 10.7. The zero-order valence-electron chi connectivity index (χ0n) is 12.7. The third-order valence-corrected chi connectivity index (χ3v) is 4.67. The summed E-state index contributed by atoms with van der Waals surface area (Å²) in [5, 5.41) is 2.98. The first-order valence-corrected chi connectivity index (χ1v) is 8.98. The highest BCUT2D eigenvalue weighted by atomic mass is 79.9. The molecule has 0 fully saturated rings. The monoisotopic (exact) mass is 423 g/mol. The second-order valence-electron chi connectivity index (χ2n) is 5.07. The number of halogens is 3. The summed E-state index contributed by atoms with van der Waals surface area (Å²) in [5.41, 5.74) is 1.75. The molecule has 0 aliphatic rings. The van der Waals surface area contributed by atoms with Crippen LogP contribution in [-0.2, 0) is 4.79 Å². The summed E-state index contributed by atoms with van der Waals surface area (Å²) in [5.74, 6) is -1.86. The van der Waals surface area contributed by atoms with E-state index in [1.165, 1.54) is 17.8 Å². The van der Waals surface area contributed by atoms with E-state index in [-0.39, 0.29) is 11.4 Å². The van der Waals surface area contributed by atoms with Gasteiger partial charge in [0.05, 0.1) is 23.3 Å². The number of amides is 1. The van der Waals surface area contributed by atoms with E-state index in [2.05, 4.69) is 31.2 Å². The highest BCUT2D eigenvalue weighted by Crippen LogP contribution is 2.23. The molecular weight excluding hydrogens is 412 g/mol. The smallest absolute Gasteiger partial charge is 0.234 e. The van der Waals surface area contributed by atoms with Gasteiger partial charge in [0.1, 0.15) is 11.6 Å². The van der Waals surface area contributed by atoms with Gasteiger partial charge in [-0.2, -0.15) is 0 Å². The number of hydrogen-bond donors (Lipinski definition) is 2. The number of benzene rings is 2. The molecule has 0 atom stereocenters. The number of hydrogen-bond acceptors (Lipinski definition) is 3. The Morgan fingerprint density at radius 1 is 1.20 bits per heavy atom. The van der Waals surface area contributed by atoms with Gasteiger partial charge in [0, 0.05) is 10.5 Å². The molecule has 0 radical (unpaired) electrons. The lowest BCUT2D eigenvalue weighted by Crippen LogP contribution is -2.15. The van der Waals surface area contributed by atoms with E-state index in [9.17, 15) is 13.6 Å². The third-order valence-electron chi connectivity index (χ3n) is 3.25. The molecule has 0 spiro atoms. The van der Waals surface area contributed by atoms with Gasteiger partial charge in [-0.05, 0) is 29.8 Å². The number of aromatic nitrogens is 2. The fourth-order valence-corrected chi connectivity index (χ4v) is 2.98. The van der Waals surface area contributed by atoms with Crippen LogP contribution in [0.5, 0.6) is 0 Å². The molecule has 4 nitrogen and oxygen atoms in total. The lowest BCUT2D eigenvalue weighted by molar-refractivity contribution is -0.113. The van der Waals surface area contributed by atoms with Crippen molar-refractivity contribution in [3.63, 3.8) is 0 Å². The van der Waals surface area contributed by atoms with Gasteiger partial charge in [0.15, 0.2) is 5.16 Å². The summed E-state index contributed by atoms with van der Waals surface area (Å²) in [4.78, 5) is 19.2. The predicted molar refractivity (Wildman–Crippen MR) is 97.4 cm³/mol. The first kappa shape index (κ1) is 17.6. The summed E-state index contributed by atoms with van der Waals surface area (Å²) in [7, 11) is 0. The molecule has 25 heavy (non-hydrogen) atoms. The van der Waals surface area contributed by atoms with Crippen molar-refractivity contribution >= 4 is 39.3 Å². The Hall–Kier alpha value is -2.19. The molecule has 0 bridgehead atoms. The maximum Gasteiger partial charge on any atom is 0.234 e. The minimum absolute atomic E-state index is 0.0457. The van der Waals surface area contributed by atoms with Crippen LogP contribution in [0.25, 0.3) is 11.3 Å². The van der Waals surface area contributed by atoms with E-state index in [1.54, 1.807) is 6.20 Å². The van der Waals surface area contributed by atoms with Crippen molar-refractivity contribution < 1.29 is 13.6 Å². The lowest BCUT2D eigenvalue weighted by Gasteiger charge is -2.05. The Morgan fingerprint density at radius 3 is 2.68 bits per heavy atom. The summed E-state index contributed by atoms with van der Waals surface area (Å²) >= 11 is 4.57. The number of thioether (sulfide) groups is 1. The standard InChI is InChI=1S/C17H12BrF2N3OS/c18-11-3-1-10(2-4-11)15-8-21-17(23-15)25-9-16(24)22-14-6-5-12(19)7-13(14)20/h1-8H,9H2,(H,21,23)(H,22,24). The van der Waals surface area contributed by atoms with Gasteiger partial charge in [0.2, 0.25) is 5.91 Å². The van der Waals surface area contributed by atoms with Crippen molar-refractivity contribution in [2.24, 2.45) is 0 Å². The predicted octanol–water partition coefficient (Wildman–Crippen LogP) is 4.85. The molecule has 0 aliphatic carbocycles. The van der Waals surface area contributed by atoms with Crippen LogP contribution in [0.2, 0.25) is 0 Å². The Labute approximate surface area is 155 Å². The average molecular weight is 424 g/mol. The molecule has 2 aromatic carbocycles. The van der Waals surface area contributed by atoms with E-state index in [1.807, 2.05) is 24.3 Å². The fourth-order valence-electron chi connectivity index (χ4n) is 2.06. The van der Waals surface area contributed by atoms with Crippen molar-refractivity contribution in [3.05, 3.63) is 64.8 Å². The molecule has 1 amide bonds. The van der Waals surface area contributed by atoms with Gasteiger partial charge >= 0.3 is 0 Å². The third kappa shape index (κ3) is 4.67. The van der Waals surface area contributed by atoms with Crippen molar-refractivity contribution in [3.8, 4) is 11.3 Å². The molecule has 128 valence electrons. The molecular formula is C17H12BrF2N3OS. The first-order chi connectivity index (χ1) is 12.0. The van der Waals surface area contributed by atoms with Crippen molar-refractivity contribution in [2.75, 3.05) is 11.1 Å². The number of nitrogens with one attached hydrogen (secondary N) is 2. The molecule has 0 saturated carbocycles. The van der Waals surface area contributed by atoms with E-state index >= 15 is 0 Å². The van der Waals surface area contributed by atoms with E-state index in [0.717, 1.165) is 27.9 Å². The minimum atomic E-state index is -0.811. The molecule has 3 aromatic rings. The zero-order chi connectivity index (χ0) is 17.8. The molecule has 3 rings (SSSR count). The maximum atomic E-state index is 13.5. The second kappa shape index (κ2) is 7.79. The topological polar surface area (TPSA) is 57.8 Å². The lowest BCUT2D eigenvalue weighted by atomic mass is 10.2. The van der Waals surface area contributed by atoms with Crippen LogP contribution >= 0.6 is 27.7 Å². The van der Waals surface area contributed by atoms with Crippen LogP contribution in [0.1, 0.15) is 0 Å². The molecule has 0 aliphatic heterocycles. The number of rotatable bonds is 5. The van der Waals surface area contributed by atoms with Crippen LogP contribution < -0.4 is 5.32 Å². The highest BCUT2D eigenvalue weighted by molar-refractivity contribution is 9.10. The van der Waals surface area contributed by atoms with Crippen LogP contribution in [0.15, 0.2) is 58.3 Å². The maximum absolute atomic E-state index is 13.5. The zero-order valence-corrected chi connectivity index (χ0v) is 15.1. The number of carbonyl (C=O) groups is 1. The number of anilines is 1. The molecule has 0 unspecified atom stereocenters. The van der Waals surface area contributed by atoms with E-state index in [0.29, 0.717) is 5.16 Å². The summed E-state index contributed by atoms with van der Waals surface area (Å²) in [6.45, 7) is 0. The van der Waals surface area contributed by atoms with Crippen molar-refractivity contribution in [1.82, 2.24) is 9.97 Å². The SMILES string of the molecule is O=C(CSc1ncc(-c2ccc(Br)cc2)[nH]1)Nc1ccc(F)cc1F. The number of imidazole rings is 1. The van der Waals surface area contributed by atoms with Gasteiger partial charge in [-0.25, -0.2) is 13.8 Å². The van der Waals surface area contributed by atoms with E-state index < -0.39 is 17.5 Å². The van der Waals surface area contributed by atoms with Gasteiger partial charge in [-0.1, -0.05) is 39.8 Å². The Bertz CT molecular complexity index is 899. The number of carbonyl (C=O) groups excluding carboxylic acids is 1. The van der Waals surface area contributed by atoms with Gasteiger partial charge in [-0.15, -0.1) is 0 Å². The Kier molecular flexibility index (Phi) is 5.50. The first-order valence-electron chi connectivity index (χ1n) is 7.20. The summed E-state index contributed by atoms with van der Waals surface area (Å²) < 4.78 is 27.3. The molecule has 0 saturated heterocycles. The van der Waals surface area contributed by atoms with Crippen LogP contribution in [0, 0.1) is 11.6 Å². The molecule has 2 N–H and O–H groups in total. The second-order valence-corrected chi connectivity index (χ2v) is 6.95. The van der Waals surface area contributed by atoms with Crippen molar-refractivity contribution in [1.29, 1.82) is 0 Å². The molecule has 1 heterocycles. The van der Waals surface area contributed by atoms with Crippen LogP contribution in [-0.4, -0.2) is 21.6 Å². The largest absolute Gasteiger partial charge is 0.333 e. The quantitative estimate of drug-likeness (QED) is 0.576. The fraction of sp³-hybridized carbons (Fsp3) is 0.0588.